The molecule has 0 radical (unpaired) electrons. The number of benzene rings is 1. The summed E-state index contributed by atoms with van der Waals surface area (Å²) in [5.41, 5.74) is 0.621. The van der Waals surface area contributed by atoms with E-state index in [1.807, 2.05) is 17.5 Å². The van der Waals surface area contributed by atoms with Gasteiger partial charge in [-0.3, -0.25) is 4.79 Å². The lowest BCUT2D eigenvalue weighted by atomic mass is 10.3. The molecule has 0 saturated carbocycles. The molecule has 0 bridgehead atoms. The lowest BCUT2D eigenvalue weighted by Gasteiger charge is -2.06. The van der Waals surface area contributed by atoms with Gasteiger partial charge >= 0.3 is 0 Å². The van der Waals surface area contributed by atoms with Gasteiger partial charge in [0.25, 0.3) is 5.76 Å². The van der Waals surface area contributed by atoms with Crippen molar-refractivity contribution in [1.29, 1.82) is 0 Å². The molecule has 1 heterocycles. The Hall–Kier alpha value is -1.05. The van der Waals surface area contributed by atoms with Crippen molar-refractivity contribution in [2.75, 3.05) is 11.1 Å². The summed E-state index contributed by atoms with van der Waals surface area (Å²) in [6.45, 7) is 0. The summed E-state index contributed by atoms with van der Waals surface area (Å²) in [7, 11) is 0. The molecule has 1 N–H and O–H groups in total. The fourth-order valence-electron chi connectivity index (χ4n) is 1.56. The predicted molar refractivity (Wildman–Crippen MR) is 87.4 cm³/mol. The lowest BCUT2D eigenvalue weighted by molar-refractivity contribution is -0.113. The molecule has 0 saturated heterocycles. The molecule has 0 aliphatic rings. The quantitative estimate of drug-likeness (QED) is 0.721. The topological polar surface area (TPSA) is 29.1 Å². The molecular weight excluding hydrogens is 332 g/mol. The number of carbonyl (C=O) groups is 1. The Morgan fingerprint density at radius 1 is 1.24 bits per heavy atom. The second-order valence-corrected chi connectivity index (χ2v) is 7.10. The van der Waals surface area contributed by atoms with Crippen LogP contribution in [0.2, 0.25) is 0 Å². The van der Waals surface area contributed by atoms with Crippen molar-refractivity contribution in [3.05, 3.63) is 46.7 Å². The van der Waals surface area contributed by atoms with Gasteiger partial charge in [0.05, 0.1) is 5.75 Å². The number of rotatable bonds is 7. The first-order valence-corrected chi connectivity index (χ1v) is 9.00. The van der Waals surface area contributed by atoms with Crippen LogP contribution in [-0.2, 0) is 10.5 Å². The molecule has 2 aromatic rings. The van der Waals surface area contributed by atoms with E-state index in [9.17, 15) is 13.6 Å². The van der Waals surface area contributed by atoms with Crippen molar-refractivity contribution in [2.45, 2.75) is 16.4 Å². The Morgan fingerprint density at radius 3 is 2.62 bits per heavy atom. The minimum atomic E-state index is -2.43. The van der Waals surface area contributed by atoms with Crippen LogP contribution in [0.5, 0.6) is 0 Å². The van der Waals surface area contributed by atoms with Crippen LogP contribution < -0.4 is 5.32 Å². The van der Waals surface area contributed by atoms with Crippen molar-refractivity contribution in [2.24, 2.45) is 0 Å². The van der Waals surface area contributed by atoms with Crippen molar-refractivity contribution in [3.8, 4) is 0 Å². The zero-order valence-electron chi connectivity index (χ0n) is 10.9. The van der Waals surface area contributed by atoms with Crippen LogP contribution in [-0.4, -0.2) is 17.4 Å². The monoisotopic (exact) mass is 345 g/mol. The first kappa shape index (κ1) is 16.3. The average molecular weight is 345 g/mol. The van der Waals surface area contributed by atoms with Crippen LogP contribution >= 0.6 is 34.9 Å². The van der Waals surface area contributed by atoms with E-state index in [0.717, 1.165) is 5.75 Å². The summed E-state index contributed by atoms with van der Waals surface area (Å²) in [5, 5.41) is 4.76. The molecule has 1 aromatic carbocycles. The van der Waals surface area contributed by atoms with Gasteiger partial charge in [-0.1, -0.05) is 17.8 Å². The predicted octanol–water partition coefficient (Wildman–Crippen LogP) is 4.93. The molecule has 0 atom stereocenters. The highest BCUT2D eigenvalue weighted by Crippen LogP contribution is 2.26. The number of thioether (sulfide) groups is 2. The number of carbonyl (C=O) groups excluding carboxylic acids is 1. The maximum atomic E-state index is 12.2. The van der Waals surface area contributed by atoms with Gasteiger partial charge in [-0.2, -0.15) is 8.78 Å². The van der Waals surface area contributed by atoms with Gasteiger partial charge in [0.2, 0.25) is 5.91 Å². The number of hydrogen-bond acceptors (Lipinski definition) is 4. The summed E-state index contributed by atoms with van der Waals surface area (Å²) in [6.07, 6.45) is 0. The number of hydrogen-bond donors (Lipinski definition) is 1. The highest BCUT2D eigenvalue weighted by atomic mass is 32.2. The second kappa shape index (κ2) is 8.41. The number of halogens is 2. The molecule has 1 amide bonds. The number of thiophene rings is 1. The molecule has 0 unspecified atom stereocenters. The van der Waals surface area contributed by atoms with Crippen LogP contribution in [0.3, 0.4) is 0 Å². The third kappa shape index (κ3) is 6.07. The maximum Gasteiger partial charge on any atom is 0.288 e. The molecular formula is C14H13F2NOS3. The minimum absolute atomic E-state index is 0.0918. The number of amides is 1. The van der Waals surface area contributed by atoms with Crippen molar-refractivity contribution < 1.29 is 13.6 Å². The van der Waals surface area contributed by atoms with Crippen LogP contribution in [0.25, 0.3) is 0 Å². The Morgan fingerprint density at radius 2 is 2.00 bits per heavy atom. The third-order valence-electron chi connectivity index (χ3n) is 2.42. The smallest absolute Gasteiger partial charge is 0.288 e. The zero-order valence-corrected chi connectivity index (χ0v) is 13.4. The van der Waals surface area contributed by atoms with Gasteiger partial charge in [-0.05, 0) is 35.7 Å². The summed E-state index contributed by atoms with van der Waals surface area (Å²) in [4.78, 5) is 13.5. The average Bonchev–Trinajstić information content (AvgIpc) is 2.93. The van der Waals surface area contributed by atoms with E-state index >= 15 is 0 Å². The van der Waals surface area contributed by atoms with E-state index in [2.05, 4.69) is 5.32 Å². The first-order chi connectivity index (χ1) is 10.1. The standard InChI is InChI=1S/C14H13F2NOS3/c15-14(16)21-11-5-3-10(4-6-11)17-13(18)9-19-8-12-2-1-7-20-12/h1-7,14H,8-9H2,(H,17,18). The largest absolute Gasteiger partial charge is 0.325 e. The van der Waals surface area contributed by atoms with E-state index in [1.165, 1.54) is 4.88 Å². The van der Waals surface area contributed by atoms with E-state index in [0.29, 0.717) is 28.1 Å². The zero-order chi connectivity index (χ0) is 15.1. The van der Waals surface area contributed by atoms with Crippen LogP contribution in [0.1, 0.15) is 4.88 Å². The molecule has 112 valence electrons. The Labute approximate surface area is 134 Å². The van der Waals surface area contributed by atoms with Crippen LogP contribution in [0.15, 0.2) is 46.7 Å². The number of anilines is 1. The molecule has 0 aliphatic heterocycles. The fourth-order valence-corrected chi connectivity index (χ4v) is 3.72. The first-order valence-electron chi connectivity index (χ1n) is 6.08. The van der Waals surface area contributed by atoms with Gasteiger partial charge in [0.15, 0.2) is 0 Å². The SMILES string of the molecule is O=C(CSCc1cccs1)Nc1ccc(SC(F)F)cc1. The highest BCUT2D eigenvalue weighted by Gasteiger charge is 2.06. The fraction of sp³-hybridized carbons (Fsp3) is 0.214. The van der Waals surface area contributed by atoms with Crippen LogP contribution in [0, 0.1) is 0 Å². The summed E-state index contributed by atoms with van der Waals surface area (Å²) < 4.78 is 24.4. The summed E-state index contributed by atoms with van der Waals surface area (Å²) in [6, 6.07) is 10.4. The maximum absolute atomic E-state index is 12.2. The molecule has 0 aliphatic carbocycles. The van der Waals surface area contributed by atoms with E-state index < -0.39 is 5.76 Å². The van der Waals surface area contributed by atoms with Crippen molar-refractivity contribution >= 4 is 46.5 Å². The van der Waals surface area contributed by atoms with Crippen LogP contribution in [0.4, 0.5) is 14.5 Å². The number of alkyl halides is 2. The summed E-state index contributed by atoms with van der Waals surface area (Å²) in [5.74, 6) is -1.34. The molecule has 21 heavy (non-hydrogen) atoms. The Bertz CT molecular complexity index is 558. The Kier molecular flexibility index (Phi) is 6.53. The molecule has 0 fully saturated rings. The van der Waals surface area contributed by atoms with Gasteiger partial charge in [0, 0.05) is 21.2 Å². The molecule has 2 rings (SSSR count). The van der Waals surface area contributed by atoms with Gasteiger partial charge in [0.1, 0.15) is 0 Å². The van der Waals surface area contributed by atoms with E-state index in [-0.39, 0.29) is 5.91 Å². The normalized spacial score (nSPS) is 10.8. The van der Waals surface area contributed by atoms with Crippen molar-refractivity contribution in [1.82, 2.24) is 0 Å². The third-order valence-corrected chi connectivity index (χ3v) is 5.18. The molecule has 0 spiro atoms. The minimum Gasteiger partial charge on any atom is -0.325 e. The molecule has 7 heteroatoms. The molecule has 1 aromatic heterocycles. The van der Waals surface area contributed by atoms with Crippen molar-refractivity contribution in [3.63, 3.8) is 0 Å². The number of nitrogens with one attached hydrogen (secondary N) is 1. The molecule has 2 nitrogen and oxygen atoms in total. The Balaban J connectivity index is 1.74. The van der Waals surface area contributed by atoms with E-state index in [4.69, 9.17) is 0 Å². The van der Waals surface area contributed by atoms with Gasteiger partial charge in [-0.15, -0.1) is 23.1 Å². The van der Waals surface area contributed by atoms with E-state index in [1.54, 1.807) is 47.4 Å². The second-order valence-electron chi connectivity index (χ2n) is 4.02. The summed E-state index contributed by atoms with van der Waals surface area (Å²) >= 11 is 3.70. The van der Waals surface area contributed by atoms with Gasteiger partial charge < -0.3 is 5.32 Å². The van der Waals surface area contributed by atoms with Gasteiger partial charge in [-0.25, -0.2) is 0 Å². The lowest BCUT2D eigenvalue weighted by Crippen LogP contribution is -2.13. The highest BCUT2D eigenvalue weighted by molar-refractivity contribution is 7.99.